The van der Waals surface area contributed by atoms with E-state index < -0.39 is 0 Å². The number of carbonyl (C=O) groups is 1. The number of benzene rings is 1. The van der Waals surface area contributed by atoms with E-state index >= 15 is 0 Å². The maximum atomic E-state index is 12.1. The van der Waals surface area contributed by atoms with Crippen LogP contribution in [-0.4, -0.2) is 12.5 Å². The second-order valence-electron chi connectivity index (χ2n) is 5.83. The maximum Gasteiger partial charge on any atom is 0.252 e. The summed E-state index contributed by atoms with van der Waals surface area (Å²) >= 11 is 7.72. The Balaban J connectivity index is 1.77. The lowest BCUT2D eigenvalue weighted by Crippen LogP contribution is -2.27. The molecule has 1 aromatic rings. The smallest absolute Gasteiger partial charge is 0.252 e. The van der Waals surface area contributed by atoms with Gasteiger partial charge in [0.05, 0.1) is 5.56 Å². The van der Waals surface area contributed by atoms with Gasteiger partial charge in [-0.3, -0.25) is 4.79 Å². The highest BCUT2D eigenvalue weighted by Gasteiger charge is 2.18. The highest BCUT2D eigenvalue weighted by atomic mass is 79.9. The van der Waals surface area contributed by atoms with Crippen molar-refractivity contribution in [1.82, 2.24) is 5.32 Å². The molecule has 0 radical (unpaired) electrons. The minimum Gasteiger partial charge on any atom is -0.352 e. The molecule has 20 heavy (non-hydrogen) atoms. The van der Waals surface area contributed by atoms with Crippen LogP contribution in [0.3, 0.4) is 0 Å². The third kappa shape index (κ3) is 4.52. The van der Waals surface area contributed by atoms with Crippen molar-refractivity contribution in [2.75, 3.05) is 6.54 Å². The van der Waals surface area contributed by atoms with Crippen LogP contribution in [0.1, 0.15) is 49.4 Å². The predicted octanol–water partition coefficient (Wildman–Crippen LogP) is 4.68. The summed E-state index contributed by atoms with van der Waals surface area (Å²) in [6.07, 6.45) is 6.40. The SMILES string of the molecule is CC1CCC(CCNC(=O)c2ccc(Br)cc2S)CC1. The number of amides is 1. The molecule has 1 saturated carbocycles. The minimum atomic E-state index is -0.0216. The molecule has 0 aliphatic heterocycles. The first-order chi connectivity index (χ1) is 9.56. The average Bonchev–Trinajstić information content (AvgIpc) is 2.41. The molecule has 0 saturated heterocycles. The van der Waals surface area contributed by atoms with Gasteiger partial charge >= 0.3 is 0 Å². The molecule has 4 heteroatoms. The fourth-order valence-electron chi connectivity index (χ4n) is 2.80. The van der Waals surface area contributed by atoms with Crippen molar-refractivity contribution < 1.29 is 4.79 Å². The van der Waals surface area contributed by atoms with Gasteiger partial charge < -0.3 is 5.32 Å². The molecule has 0 heterocycles. The number of hydrogen-bond donors (Lipinski definition) is 2. The zero-order valence-corrected chi connectivity index (χ0v) is 14.3. The van der Waals surface area contributed by atoms with Gasteiger partial charge in [0.2, 0.25) is 0 Å². The largest absolute Gasteiger partial charge is 0.352 e. The van der Waals surface area contributed by atoms with E-state index in [9.17, 15) is 4.79 Å². The molecule has 1 amide bonds. The lowest BCUT2D eigenvalue weighted by Gasteiger charge is -2.26. The topological polar surface area (TPSA) is 29.1 Å². The van der Waals surface area contributed by atoms with E-state index in [1.807, 2.05) is 18.2 Å². The molecule has 1 aliphatic carbocycles. The van der Waals surface area contributed by atoms with Crippen LogP contribution in [0, 0.1) is 11.8 Å². The van der Waals surface area contributed by atoms with E-state index in [-0.39, 0.29) is 5.91 Å². The molecule has 0 bridgehead atoms. The fourth-order valence-corrected chi connectivity index (χ4v) is 3.65. The molecule has 1 fully saturated rings. The Morgan fingerprint density at radius 2 is 2.05 bits per heavy atom. The third-order valence-corrected chi connectivity index (χ3v) is 5.04. The van der Waals surface area contributed by atoms with Crippen molar-refractivity contribution in [3.8, 4) is 0 Å². The normalized spacial score (nSPS) is 22.6. The van der Waals surface area contributed by atoms with Crippen LogP contribution >= 0.6 is 28.6 Å². The summed E-state index contributed by atoms with van der Waals surface area (Å²) in [5, 5.41) is 3.01. The molecule has 2 rings (SSSR count). The van der Waals surface area contributed by atoms with E-state index in [1.165, 1.54) is 25.7 Å². The summed E-state index contributed by atoms with van der Waals surface area (Å²) in [5.74, 6) is 1.65. The Morgan fingerprint density at radius 1 is 1.35 bits per heavy atom. The van der Waals surface area contributed by atoms with Gasteiger partial charge in [0.25, 0.3) is 5.91 Å². The summed E-state index contributed by atoms with van der Waals surface area (Å²) in [6.45, 7) is 3.10. The Hall–Kier alpha value is -0.480. The standard InChI is InChI=1S/C16H22BrNOS/c1-11-2-4-12(5-3-11)8-9-18-16(19)14-7-6-13(17)10-15(14)20/h6-7,10-12,20H,2-5,8-9H2,1H3,(H,18,19). The van der Waals surface area contributed by atoms with Crippen LogP contribution in [0.2, 0.25) is 0 Å². The van der Waals surface area contributed by atoms with Crippen LogP contribution in [0.4, 0.5) is 0 Å². The number of rotatable bonds is 4. The Labute approximate surface area is 135 Å². The highest BCUT2D eigenvalue weighted by molar-refractivity contribution is 9.10. The van der Waals surface area contributed by atoms with Gasteiger partial charge in [-0.05, 0) is 36.5 Å². The van der Waals surface area contributed by atoms with Gasteiger partial charge in [0.15, 0.2) is 0 Å². The summed E-state index contributed by atoms with van der Waals surface area (Å²) in [4.78, 5) is 12.8. The third-order valence-electron chi connectivity index (χ3n) is 4.18. The molecular formula is C16H22BrNOS. The van der Waals surface area contributed by atoms with Crippen molar-refractivity contribution in [3.63, 3.8) is 0 Å². The molecule has 2 nitrogen and oxygen atoms in total. The van der Waals surface area contributed by atoms with Crippen molar-refractivity contribution >= 4 is 34.5 Å². The van der Waals surface area contributed by atoms with Crippen LogP contribution in [-0.2, 0) is 0 Å². The van der Waals surface area contributed by atoms with E-state index in [2.05, 4.69) is 40.8 Å². The first-order valence-corrected chi connectivity index (χ1v) is 8.57. The number of thiol groups is 1. The first-order valence-electron chi connectivity index (χ1n) is 7.33. The lowest BCUT2D eigenvalue weighted by molar-refractivity contribution is 0.0947. The zero-order chi connectivity index (χ0) is 14.5. The molecule has 110 valence electrons. The van der Waals surface area contributed by atoms with Crippen molar-refractivity contribution in [2.24, 2.45) is 11.8 Å². The number of nitrogens with one attached hydrogen (secondary N) is 1. The molecule has 1 aliphatic rings. The number of hydrogen-bond acceptors (Lipinski definition) is 2. The Kier molecular flexibility index (Phi) is 5.97. The minimum absolute atomic E-state index is 0.0216. The molecule has 1 N–H and O–H groups in total. The number of carbonyl (C=O) groups excluding carboxylic acids is 1. The monoisotopic (exact) mass is 355 g/mol. The van der Waals surface area contributed by atoms with E-state index in [0.717, 1.165) is 29.3 Å². The van der Waals surface area contributed by atoms with Crippen molar-refractivity contribution in [2.45, 2.75) is 43.9 Å². The summed E-state index contributed by atoms with van der Waals surface area (Å²) in [6, 6.07) is 5.53. The van der Waals surface area contributed by atoms with Crippen LogP contribution in [0.15, 0.2) is 27.6 Å². The Morgan fingerprint density at radius 3 is 2.70 bits per heavy atom. The second-order valence-corrected chi connectivity index (χ2v) is 7.23. The predicted molar refractivity (Wildman–Crippen MR) is 89.5 cm³/mol. The maximum absolute atomic E-state index is 12.1. The molecule has 0 unspecified atom stereocenters. The van der Waals surface area contributed by atoms with Crippen molar-refractivity contribution in [3.05, 3.63) is 28.2 Å². The van der Waals surface area contributed by atoms with E-state index in [1.54, 1.807) is 0 Å². The van der Waals surface area contributed by atoms with Crippen LogP contribution < -0.4 is 5.32 Å². The first kappa shape index (κ1) is 15.9. The fraction of sp³-hybridized carbons (Fsp3) is 0.562. The average molecular weight is 356 g/mol. The molecule has 0 atom stereocenters. The number of halogens is 1. The van der Waals surface area contributed by atoms with Gasteiger partial charge in [0.1, 0.15) is 0 Å². The highest BCUT2D eigenvalue weighted by Crippen LogP contribution is 2.30. The lowest BCUT2D eigenvalue weighted by atomic mass is 9.81. The van der Waals surface area contributed by atoms with Gasteiger partial charge in [-0.1, -0.05) is 48.5 Å². The summed E-state index contributed by atoms with van der Waals surface area (Å²) in [7, 11) is 0. The van der Waals surface area contributed by atoms with E-state index in [4.69, 9.17) is 0 Å². The van der Waals surface area contributed by atoms with Gasteiger partial charge in [-0.2, -0.15) is 0 Å². The van der Waals surface area contributed by atoms with Crippen LogP contribution in [0.5, 0.6) is 0 Å². The van der Waals surface area contributed by atoms with Crippen LogP contribution in [0.25, 0.3) is 0 Å². The van der Waals surface area contributed by atoms with E-state index in [0.29, 0.717) is 10.5 Å². The molecular weight excluding hydrogens is 334 g/mol. The molecule has 0 spiro atoms. The summed E-state index contributed by atoms with van der Waals surface area (Å²) < 4.78 is 0.940. The quantitative estimate of drug-likeness (QED) is 0.754. The molecule has 1 aromatic carbocycles. The summed E-state index contributed by atoms with van der Waals surface area (Å²) in [5.41, 5.74) is 0.647. The van der Waals surface area contributed by atoms with Gasteiger partial charge in [0, 0.05) is 15.9 Å². The van der Waals surface area contributed by atoms with Crippen molar-refractivity contribution in [1.29, 1.82) is 0 Å². The Bertz CT molecular complexity index is 470. The van der Waals surface area contributed by atoms with Gasteiger partial charge in [-0.15, -0.1) is 12.6 Å². The van der Waals surface area contributed by atoms with Gasteiger partial charge in [-0.25, -0.2) is 0 Å². The second kappa shape index (κ2) is 7.51. The molecule has 0 aromatic heterocycles. The zero-order valence-electron chi connectivity index (χ0n) is 11.9.